The van der Waals surface area contributed by atoms with Gasteiger partial charge in [-0.05, 0) is 46.4 Å². The molecule has 2 nitrogen and oxygen atoms in total. The Morgan fingerprint density at radius 1 is 1.21 bits per heavy atom. The molecule has 0 fully saturated rings. The number of nitrogens with zero attached hydrogens (tertiary/aromatic N) is 1. The van der Waals surface area contributed by atoms with Crippen molar-refractivity contribution in [2.75, 3.05) is 7.11 Å². The van der Waals surface area contributed by atoms with Gasteiger partial charge in [-0.25, -0.2) is 0 Å². The minimum absolute atomic E-state index is 0.836. The van der Waals surface area contributed by atoms with Crippen molar-refractivity contribution in [2.45, 2.75) is 6.92 Å². The van der Waals surface area contributed by atoms with E-state index in [9.17, 15) is 0 Å². The summed E-state index contributed by atoms with van der Waals surface area (Å²) >= 11 is 3.46. The second-order valence-corrected chi connectivity index (χ2v) is 4.01. The molecule has 1 aromatic heterocycles. The second-order valence-electron chi connectivity index (χ2n) is 3.16. The summed E-state index contributed by atoms with van der Waals surface area (Å²) in [5.74, 6) is 0.836. The van der Waals surface area contributed by atoms with E-state index < -0.39 is 0 Å². The van der Waals surface area contributed by atoms with Crippen LogP contribution in [0.4, 0.5) is 0 Å². The highest BCUT2D eigenvalue weighted by molar-refractivity contribution is 9.10. The van der Waals surface area contributed by atoms with Crippen LogP contribution in [0.3, 0.4) is 0 Å². The summed E-state index contributed by atoms with van der Waals surface area (Å²) in [6.45, 7) is 1.98. The zero-order chi connectivity index (χ0) is 10.1. The molecule has 0 saturated heterocycles. The third-order valence-corrected chi connectivity index (χ3v) is 2.75. The highest BCUT2D eigenvalue weighted by atomic mass is 79.9. The summed E-state index contributed by atoms with van der Waals surface area (Å²) in [6, 6.07) is 6.08. The van der Waals surface area contributed by atoms with Crippen LogP contribution in [0.25, 0.3) is 10.8 Å². The Morgan fingerprint density at radius 2 is 2.00 bits per heavy atom. The van der Waals surface area contributed by atoms with Crippen molar-refractivity contribution < 1.29 is 4.74 Å². The van der Waals surface area contributed by atoms with Gasteiger partial charge < -0.3 is 4.74 Å². The van der Waals surface area contributed by atoms with Crippen molar-refractivity contribution in [3.63, 3.8) is 0 Å². The molecule has 3 heteroatoms. The highest BCUT2D eigenvalue weighted by Crippen LogP contribution is 2.29. The van der Waals surface area contributed by atoms with Crippen molar-refractivity contribution >= 4 is 26.7 Å². The van der Waals surface area contributed by atoms with Gasteiger partial charge >= 0.3 is 0 Å². The maximum Gasteiger partial charge on any atom is 0.133 e. The molecule has 72 valence electrons. The number of hydrogen-bond donors (Lipinski definition) is 0. The fourth-order valence-electron chi connectivity index (χ4n) is 1.41. The van der Waals surface area contributed by atoms with Gasteiger partial charge in [-0.15, -0.1) is 0 Å². The number of ether oxygens (including phenoxy) is 1. The average molecular weight is 252 g/mol. The SMILES string of the molecule is COc1cc2cnc(C)cc2cc1Br. The molecular weight excluding hydrogens is 242 g/mol. The van der Waals surface area contributed by atoms with Crippen molar-refractivity contribution in [1.82, 2.24) is 4.98 Å². The topological polar surface area (TPSA) is 22.1 Å². The number of pyridine rings is 1. The Labute approximate surface area is 91.0 Å². The Bertz CT molecular complexity index is 482. The van der Waals surface area contributed by atoms with Crippen LogP contribution < -0.4 is 4.74 Å². The molecule has 0 aliphatic heterocycles. The molecule has 0 aliphatic rings. The number of benzene rings is 1. The van der Waals surface area contributed by atoms with Crippen LogP contribution in [0.15, 0.2) is 28.9 Å². The summed E-state index contributed by atoms with van der Waals surface area (Å²) in [5, 5.41) is 2.26. The first kappa shape index (κ1) is 9.46. The van der Waals surface area contributed by atoms with Gasteiger partial charge in [0, 0.05) is 17.3 Å². The lowest BCUT2D eigenvalue weighted by molar-refractivity contribution is 0.413. The maximum atomic E-state index is 5.21. The third-order valence-electron chi connectivity index (χ3n) is 2.13. The molecule has 0 saturated carbocycles. The number of hydrogen-bond acceptors (Lipinski definition) is 2. The van der Waals surface area contributed by atoms with Gasteiger partial charge in [0.25, 0.3) is 0 Å². The number of aromatic nitrogens is 1. The molecule has 0 radical (unpaired) electrons. The van der Waals surface area contributed by atoms with Crippen LogP contribution in [0.1, 0.15) is 5.69 Å². The summed E-state index contributed by atoms with van der Waals surface area (Å²) in [6.07, 6.45) is 1.86. The van der Waals surface area contributed by atoms with E-state index >= 15 is 0 Å². The predicted octanol–water partition coefficient (Wildman–Crippen LogP) is 3.31. The van der Waals surface area contributed by atoms with Gasteiger partial charge in [-0.1, -0.05) is 0 Å². The first-order valence-electron chi connectivity index (χ1n) is 4.30. The van der Waals surface area contributed by atoms with E-state index in [1.807, 2.05) is 25.3 Å². The first-order valence-corrected chi connectivity index (χ1v) is 5.10. The number of fused-ring (bicyclic) bond motifs is 1. The zero-order valence-electron chi connectivity index (χ0n) is 8.04. The van der Waals surface area contributed by atoms with Gasteiger partial charge in [0.15, 0.2) is 0 Å². The Hall–Kier alpha value is -1.09. The van der Waals surface area contributed by atoms with Crippen molar-refractivity contribution in [2.24, 2.45) is 0 Å². The lowest BCUT2D eigenvalue weighted by Gasteiger charge is -2.05. The largest absolute Gasteiger partial charge is 0.496 e. The maximum absolute atomic E-state index is 5.21. The van der Waals surface area contributed by atoms with E-state index in [-0.39, 0.29) is 0 Å². The van der Waals surface area contributed by atoms with Crippen molar-refractivity contribution in [1.29, 1.82) is 0 Å². The van der Waals surface area contributed by atoms with Gasteiger partial charge in [0.05, 0.1) is 11.6 Å². The van der Waals surface area contributed by atoms with E-state index in [1.165, 1.54) is 5.39 Å². The number of rotatable bonds is 1. The minimum Gasteiger partial charge on any atom is -0.496 e. The summed E-state index contributed by atoms with van der Waals surface area (Å²) in [5.41, 5.74) is 1.02. The normalized spacial score (nSPS) is 10.5. The molecule has 2 rings (SSSR count). The van der Waals surface area contributed by atoms with E-state index in [2.05, 4.69) is 27.0 Å². The Morgan fingerprint density at radius 3 is 2.71 bits per heavy atom. The number of halogens is 1. The minimum atomic E-state index is 0.836. The summed E-state index contributed by atoms with van der Waals surface area (Å²) < 4.78 is 6.18. The zero-order valence-corrected chi connectivity index (χ0v) is 9.63. The molecule has 1 aromatic carbocycles. The molecule has 0 spiro atoms. The van der Waals surface area contributed by atoms with Crippen LogP contribution in [0, 0.1) is 6.92 Å². The molecule has 0 bridgehead atoms. The summed E-state index contributed by atoms with van der Waals surface area (Å²) in [7, 11) is 1.66. The van der Waals surface area contributed by atoms with Crippen LogP contribution in [0.5, 0.6) is 5.75 Å². The quantitative estimate of drug-likeness (QED) is 0.776. The lowest BCUT2D eigenvalue weighted by atomic mass is 10.1. The van der Waals surface area contributed by atoms with Crippen molar-refractivity contribution in [3.05, 3.63) is 34.6 Å². The standard InChI is InChI=1S/C11H10BrNO/c1-7-3-8-4-10(12)11(14-2)5-9(8)6-13-7/h3-6H,1-2H3. The van der Waals surface area contributed by atoms with Gasteiger partial charge in [0.2, 0.25) is 0 Å². The Balaban J connectivity index is 2.73. The molecule has 0 aliphatic carbocycles. The molecule has 0 N–H and O–H groups in total. The lowest BCUT2D eigenvalue weighted by Crippen LogP contribution is -1.86. The van der Waals surface area contributed by atoms with Gasteiger partial charge in [0.1, 0.15) is 5.75 Å². The number of aryl methyl sites for hydroxylation is 1. The molecular formula is C11H10BrNO. The molecule has 2 aromatic rings. The summed E-state index contributed by atoms with van der Waals surface area (Å²) in [4.78, 5) is 4.24. The molecule has 14 heavy (non-hydrogen) atoms. The van der Waals surface area contributed by atoms with Crippen LogP contribution in [0.2, 0.25) is 0 Å². The molecule has 0 amide bonds. The third kappa shape index (κ3) is 1.60. The fraction of sp³-hybridized carbons (Fsp3) is 0.182. The van der Waals surface area contributed by atoms with Crippen molar-refractivity contribution in [3.8, 4) is 5.75 Å². The van der Waals surface area contributed by atoms with E-state index in [1.54, 1.807) is 7.11 Å². The van der Waals surface area contributed by atoms with Crippen LogP contribution >= 0.6 is 15.9 Å². The van der Waals surface area contributed by atoms with Crippen LogP contribution in [-0.2, 0) is 0 Å². The molecule has 0 atom stereocenters. The Kier molecular flexibility index (Phi) is 2.42. The second kappa shape index (κ2) is 3.58. The van der Waals surface area contributed by atoms with Gasteiger partial charge in [-0.3, -0.25) is 4.98 Å². The predicted molar refractivity (Wildman–Crippen MR) is 60.7 cm³/mol. The van der Waals surface area contributed by atoms with E-state index in [0.29, 0.717) is 0 Å². The molecule has 1 heterocycles. The smallest absolute Gasteiger partial charge is 0.133 e. The average Bonchev–Trinajstić information content (AvgIpc) is 2.16. The first-order chi connectivity index (χ1) is 6.70. The fourth-order valence-corrected chi connectivity index (χ4v) is 1.93. The van der Waals surface area contributed by atoms with Gasteiger partial charge in [-0.2, -0.15) is 0 Å². The number of methoxy groups -OCH3 is 1. The van der Waals surface area contributed by atoms with E-state index in [0.717, 1.165) is 21.3 Å². The van der Waals surface area contributed by atoms with E-state index in [4.69, 9.17) is 4.74 Å². The molecule has 0 unspecified atom stereocenters. The monoisotopic (exact) mass is 251 g/mol. The van der Waals surface area contributed by atoms with Crippen LogP contribution in [-0.4, -0.2) is 12.1 Å². The highest BCUT2D eigenvalue weighted by Gasteiger charge is 2.02.